The number of anilines is 1. The molecule has 5 heteroatoms. The van der Waals surface area contributed by atoms with E-state index in [-0.39, 0.29) is 17.4 Å². The Morgan fingerprint density at radius 1 is 1.29 bits per heavy atom. The van der Waals surface area contributed by atoms with Crippen molar-refractivity contribution >= 4 is 11.6 Å². The number of nitrogens with two attached hydrogens (primary N) is 1. The number of rotatable bonds is 4. The average Bonchev–Trinajstić information content (AvgIpc) is 2.44. The summed E-state index contributed by atoms with van der Waals surface area (Å²) < 4.78 is 13.8. The zero-order chi connectivity index (χ0) is 15.6. The molecule has 0 radical (unpaired) electrons. The van der Waals surface area contributed by atoms with Crippen molar-refractivity contribution in [2.45, 2.75) is 19.9 Å². The van der Waals surface area contributed by atoms with Gasteiger partial charge in [-0.3, -0.25) is 4.79 Å². The highest BCUT2D eigenvalue weighted by atomic mass is 19.1. The van der Waals surface area contributed by atoms with Crippen molar-refractivity contribution in [2.24, 2.45) is 5.73 Å². The van der Waals surface area contributed by atoms with Crippen molar-refractivity contribution in [2.75, 3.05) is 5.32 Å². The van der Waals surface area contributed by atoms with Gasteiger partial charge in [-0.2, -0.15) is 0 Å². The third-order valence-corrected chi connectivity index (χ3v) is 3.39. The Morgan fingerprint density at radius 2 is 1.90 bits per heavy atom. The van der Waals surface area contributed by atoms with E-state index in [4.69, 9.17) is 5.73 Å². The molecule has 21 heavy (non-hydrogen) atoms. The van der Waals surface area contributed by atoms with Crippen LogP contribution >= 0.6 is 0 Å². The van der Waals surface area contributed by atoms with Gasteiger partial charge >= 0.3 is 0 Å². The molecular weight excluding hydrogens is 271 g/mol. The molecule has 0 saturated heterocycles. The topological polar surface area (TPSA) is 75.4 Å². The van der Waals surface area contributed by atoms with Crippen LogP contribution < -0.4 is 11.1 Å². The highest BCUT2D eigenvalue weighted by molar-refractivity contribution is 5.94. The van der Waals surface area contributed by atoms with Crippen LogP contribution in [0, 0.1) is 12.7 Å². The minimum atomic E-state index is -0.672. The Hall–Kier alpha value is -2.56. The second-order valence-electron chi connectivity index (χ2n) is 4.95. The summed E-state index contributed by atoms with van der Waals surface area (Å²) in [4.78, 5) is 11.2. The maximum atomic E-state index is 13.8. The first kappa shape index (κ1) is 14.8. The summed E-state index contributed by atoms with van der Waals surface area (Å²) in [5.41, 5.74) is 7.19. The molecule has 2 aromatic carbocycles. The summed E-state index contributed by atoms with van der Waals surface area (Å²) in [5, 5.41) is 12.4. The number of nitrogens with one attached hydrogen (secondary N) is 1. The summed E-state index contributed by atoms with van der Waals surface area (Å²) in [6.45, 7) is 3.53. The van der Waals surface area contributed by atoms with Gasteiger partial charge in [-0.1, -0.05) is 12.1 Å². The highest BCUT2D eigenvalue weighted by Gasteiger charge is 2.13. The first-order valence-corrected chi connectivity index (χ1v) is 6.54. The summed E-state index contributed by atoms with van der Waals surface area (Å²) in [5.74, 6) is -0.968. The molecule has 0 aliphatic heterocycles. The molecular formula is C16H17FN2O2. The van der Waals surface area contributed by atoms with Crippen LogP contribution in [-0.2, 0) is 0 Å². The molecule has 1 atom stereocenters. The van der Waals surface area contributed by atoms with E-state index in [1.807, 2.05) is 6.92 Å². The standard InChI is InChI=1S/C16H17FN2O2/c1-9-14(17)7-12(16(18)21)8-15(9)19-10(2)11-3-5-13(20)6-4-11/h3-8,10,19-20H,1-2H3,(H2,18,21). The Kier molecular flexibility index (Phi) is 4.12. The molecule has 1 amide bonds. The zero-order valence-electron chi connectivity index (χ0n) is 11.9. The molecule has 4 N–H and O–H groups in total. The average molecular weight is 288 g/mol. The molecule has 0 saturated carbocycles. The molecule has 0 spiro atoms. The summed E-state index contributed by atoms with van der Waals surface area (Å²) in [6, 6.07) is 9.27. The second-order valence-corrected chi connectivity index (χ2v) is 4.95. The van der Waals surface area contributed by atoms with E-state index >= 15 is 0 Å². The molecule has 0 fully saturated rings. The van der Waals surface area contributed by atoms with Crippen LogP contribution in [0.5, 0.6) is 5.75 Å². The fourth-order valence-electron chi connectivity index (χ4n) is 2.05. The van der Waals surface area contributed by atoms with Crippen LogP contribution in [0.4, 0.5) is 10.1 Å². The predicted octanol–water partition coefficient (Wildman–Crippen LogP) is 3.11. The monoisotopic (exact) mass is 288 g/mol. The summed E-state index contributed by atoms with van der Waals surface area (Å²) in [6.07, 6.45) is 0. The first-order chi connectivity index (χ1) is 9.88. The molecule has 0 bridgehead atoms. The van der Waals surface area contributed by atoms with Gasteiger partial charge in [-0.05, 0) is 43.7 Å². The number of phenolic OH excluding ortho intramolecular Hbond substituents is 1. The van der Waals surface area contributed by atoms with Crippen LogP contribution in [0.15, 0.2) is 36.4 Å². The Balaban J connectivity index is 2.30. The van der Waals surface area contributed by atoms with E-state index in [1.54, 1.807) is 31.2 Å². The van der Waals surface area contributed by atoms with Crippen LogP contribution in [-0.4, -0.2) is 11.0 Å². The molecule has 4 nitrogen and oxygen atoms in total. The Bertz CT molecular complexity index is 669. The lowest BCUT2D eigenvalue weighted by molar-refractivity contribution is 0.1000. The van der Waals surface area contributed by atoms with E-state index in [0.29, 0.717) is 11.3 Å². The maximum Gasteiger partial charge on any atom is 0.248 e. The Labute approximate surface area is 122 Å². The number of benzene rings is 2. The number of aromatic hydroxyl groups is 1. The number of amides is 1. The smallest absolute Gasteiger partial charge is 0.248 e. The molecule has 1 unspecified atom stereocenters. The van der Waals surface area contributed by atoms with E-state index < -0.39 is 11.7 Å². The number of carbonyl (C=O) groups excluding carboxylic acids is 1. The number of carbonyl (C=O) groups is 1. The summed E-state index contributed by atoms with van der Waals surface area (Å²) >= 11 is 0. The van der Waals surface area contributed by atoms with Gasteiger partial charge in [0.1, 0.15) is 11.6 Å². The lowest BCUT2D eigenvalue weighted by Gasteiger charge is -2.18. The normalized spacial score (nSPS) is 12.0. The van der Waals surface area contributed by atoms with Crippen LogP contribution in [0.2, 0.25) is 0 Å². The van der Waals surface area contributed by atoms with Crippen LogP contribution in [0.25, 0.3) is 0 Å². The van der Waals surface area contributed by atoms with Crippen molar-refractivity contribution in [3.05, 3.63) is 58.9 Å². The zero-order valence-corrected chi connectivity index (χ0v) is 11.9. The highest BCUT2D eigenvalue weighted by Crippen LogP contribution is 2.26. The molecule has 110 valence electrons. The minimum Gasteiger partial charge on any atom is -0.508 e. The number of halogens is 1. The van der Waals surface area contributed by atoms with Crippen LogP contribution in [0.3, 0.4) is 0 Å². The first-order valence-electron chi connectivity index (χ1n) is 6.54. The van der Waals surface area contributed by atoms with Gasteiger partial charge < -0.3 is 16.2 Å². The van der Waals surface area contributed by atoms with Gasteiger partial charge in [-0.15, -0.1) is 0 Å². The van der Waals surface area contributed by atoms with Crippen molar-refractivity contribution in [3.63, 3.8) is 0 Å². The fraction of sp³-hybridized carbons (Fsp3) is 0.188. The van der Waals surface area contributed by atoms with Gasteiger partial charge in [0.15, 0.2) is 0 Å². The Morgan fingerprint density at radius 3 is 2.48 bits per heavy atom. The molecule has 2 rings (SSSR count). The van der Waals surface area contributed by atoms with E-state index in [1.165, 1.54) is 6.07 Å². The third kappa shape index (κ3) is 3.31. The van der Waals surface area contributed by atoms with E-state index in [9.17, 15) is 14.3 Å². The molecule has 0 aliphatic rings. The number of primary amides is 1. The van der Waals surface area contributed by atoms with Gasteiger partial charge in [-0.25, -0.2) is 4.39 Å². The molecule has 0 heterocycles. The second kappa shape index (κ2) is 5.83. The number of hydrogen-bond donors (Lipinski definition) is 3. The maximum absolute atomic E-state index is 13.8. The lowest BCUT2D eigenvalue weighted by Crippen LogP contribution is -2.14. The number of phenols is 1. The largest absolute Gasteiger partial charge is 0.508 e. The molecule has 0 aliphatic carbocycles. The van der Waals surface area contributed by atoms with Crippen molar-refractivity contribution < 1.29 is 14.3 Å². The van der Waals surface area contributed by atoms with Crippen molar-refractivity contribution in [1.82, 2.24) is 0 Å². The van der Waals surface area contributed by atoms with Gasteiger partial charge in [0, 0.05) is 22.9 Å². The quantitative estimate of drug-likeness (QED) is 0.809. The van der Waals surface area contributed by atoms with Crippen molar-refractivity contribution in [3.8, 4) is 5.75 Å². The van der Waals surface area contributed by atoms with Gasteiger partial charge in [0.2, 0.25) is 5.91 Å². The minimum absolute atomic E-state index is 0.119. The summed E-state index contributed by atoms with van der Waals surface area (Å²) in [7, 11) is 0. The number of hydrogen-bond acceptors (Lipinski definition) is 3. The fourth-order valence-corrected chi connectivity index (χ4v) is 2.05. The third-order valence-electron chi connectivity index (χ3n) is 3.39. The van der Waals surface area contributed by atoms with Gasteiger partial charge in [0.05, 0.1) is 0 Å². The molecule has 2 aromatic rings. The van der Waals surface area contributed by atoms with Crippen LogP contribution in [0.1, 0.15) is 34.5 Å². The SMILES string of the molecule is Cc1c(F)cc(C(N)=O)cc1NC(C)c1ccc(O)cc1. The molecule has 0 aromatic heterocycles. The van der Waals surface area contributed by atoms with E-state index in [0.717, 1.165) is 11.6 Å². The predicted molar refractivity (Wildman–Crippen MR) is 79.8 cm³/mol. The van der Waals surface area contributed by atoms with E-state index in [2.05, 4.69) is 5.32 Å². The van der Waals surface area contributed by atoms with Crippen molar-refractivity contribution in [1.29, 1.82) is 0 Å². The van der Waals surface area contributed by atoms with Gasteiger partial charge in [0.25, 0.3) is 0 Å². The lowest BCUT2D eigenvalue weighted by atomic mass is 10.0.